The van der Waals surface area contributed by atoms with Crippen LogP contribution < -0.4 is 4.74 Å². The van der Waals surface area contributed by atoms with Crippen LogP contribution in [0.15, 0.2) is 53.0 Å². The molecular formula is C16H16BrNO2. The number of hydrogen-bond donors (Lipinski definition) is 0. The van der Waals surface area contributed by atoms with Gasteiger partial charge in [0.2, 0.25) is 0 Å². The molecule has 0 aliphatic carbocycles. The second kappa shape index (κ2) is 6.57. The Labute approximate surface area is 127 Å². The van der Waals surface area contributed by atoms with E-state index in [1.165, 1.54) is 0 Å². The first-order chi connectivity index (χ1) is 9.58. The van der Waals surface area contributed by atoms with Gasteiger partial charge in [0, 0.05) is 19.7 Å². The molecule has 2 aromatic carbocycles. The first-order valence-electron chi connectivity index (χ1n) is 6.26. The second-order valence-electron chi connectivity index (χ2n) is 4.62. The lowest BCUT2D eigenvalue weighted by molar-refractivity contribution is 0.0827. The molecule has 4 heteroatoms. The van der Waals surface area contributed by atoms with Crippen molar-refractivity contribution in [3.8, 4) is 5.75 Å². The van der Waals surface area contributed by atoms with Gasteiger partial charge in [-0.3, -0.25) is 4.79 Å². The Morgan fingerprint density at radius 2 is 1.75 bits per heavy atom. The van der Waals surface area contributed by atoms with Gasteiger partial charge >= 0.3 is 0 Å². The monoisotopic (exact) mass is 333 g/mol. The zero-order valence-electron chi connectivity index (χ0n) is 11.5. The van der Waals surface area contributed by atoms with E-state index in [9.17, 15) is 4.79 Å². The Hall–Kier alpha value is -1.81. The summed E-state index contributed by atoms with van der Waals surface area (Å²) in [6, 6.07) is 15.2. The van der Waals surface area contributed by atoms with Gasteiger partial charge in [-0.05, 0) is 45.8 Å². The van der Waals surface area contributed by atoms with E-state index in [-0.39, 0.29) is 5.91 Å². The molecule has 0 fully saturated rings. The maximum Gasteiger partial charge on any atom is 0.253 e. The highest BCUT2D eigenvalue weighted by Crippen LogP contribution is 2.24. The molecule has 0 saturated heterocycles. The molecule has 104 valence electrons. The molecule has 0 bridgehead atoms. The molecule has 0 aromatic heterocycles. The van der Waals surface area contributed by atoms with Crippen LogP contribution >= 0.6 is 15.9 Å². The van der Waals surface area contributed by atoms with E-state index in [1.807, 2.05) is 48.5 Å². The van der Waals surface area contributed by atoms with Gasteiger partial charge in [-0.15, -0.1) is 0 Å². The molecule has 20 heavy (non-hydrogen) atoms. The second-order valence-corrected chi connectivity index (χ2v) is 5.47. The van der Waals surface area contributed by atoms with E-state index in [0.717, 1.165) is 15.8 Å². The van der Waals surface area contributed by atoms with Crippen molar-refractivity contribution < 1.29 is 9.53 Å². The van der Waals surface area contributed by atoms with Crippen LogP contribution in [0.25, 0.3) is 0 Å². The zero-order chi connectivity index (χ0) is 14.5. The summed E-state index contributed by atoms with van der Waals surface area (Å²) in [6.07, 6.45) is 0. The minimum atomic E-state index is 0.00303. The van der Waals surface area contributed by atoms with Crippen molar-refractivity contribution in [3.05, 3.63) is 64.1 Å². The summed E-state index contributed by atoms with van der Waals surface area (Å²) in [5.74, 6) is 0.809. The standard InChI is InChI=1S/C16H16BrNO2/c1-18(2)16(19)13-9-7-12(8-10-13)11-20-15-6-4-3-5-14(15)17/h3-10H,11H2,1-2H3. The fourth-order valence-electron chi connectivity index (χ4n) is 1.72. The number of amides is 1. The van der Waals surface area contributed by atoms with Crippen molar-refractivity contribution in [3.63, 3.8) is 0 Å². The van der Waals surface area contributed by atoms with Gasteiger partial charge in [-0.1, -0.05) is 24.3 Å². The van der Waals surface area contributed by atoms with Crippen LogP contribution in [0.2, 0.25) is 0 Å². The SMILES string of the molecule is CN(C)C(=O)c1ccc(COc2ccccc2Br)cc1. The topological polar surface area (TPSA) is 29.5 Å². The highest BCUT2D eigenvalue weighted by atomic mass is 79.9. The zero-order valence-corrected chi connectivity index (χ0v) is 13.1. The molecule has 0 aliphatic rings. The highest BCUT2D eigenvalue weighted by Gasteiger charge is 2.07. The number of rotatable bonds is 4. The normalized spacial score (nSPS) is 10.2. The molecule has 2 aromatic rings. The van der Waals surface area contributed by atoms with E-state index < -0.39 is 0 Å². The van der Waals surface area contributed by atoms with Crippen LogP contribution in [0, 0.1) is 0 Å². The number of halogens is 1. The van der Waals surface area contributed by atoms with Gasteiger partial charge in [0.1, 0.15) is 12.4 Å². The molecule has 0 unspecified atom stereocenters. The lowest BCUT2D eigenvalue weighted by atomic mass is 10.1. The summed E-state index contributed by atoms with van der Waals surface area (Å²) in [4.78, 5) is 13.3. The number of nitrogens with zero attached hydrogens (tertiary/aromatic N) is 1. The molecule has 0 atom stereocenters. The van der Waals surface area contributed by atoms with Crippen molar-refractivity contribution in [2.45, 2.75) is 6.61 Å². The molecule has 0 spiro atoms. The van der Waals surface area contributed by atoms with Crippen molar-refractivity contribution in [2.75, 3.05) is 14.1 Å². The molecule has 0 N–H and O–H groups in total. The van der Waals surface area contributed by atoms with Crippen LogP contribution in [-0.2, 0) is 6.61 Å². The Morgan fingerprint density at radius 1 is 1.10 bits per heavy atom. The highest BCUT2D eigenvalue weighted by molar-refractivity contribution is 9.10. The molecule has 1 amide bonds. The number of carbonyl (C=O) groups excluding carboxylic acids is 1. The molecule has 0 radical (unpaired) electrons. The molecule has 0 heterocycles. The molecule has 2 rings (SSSR count). The van der Waals surface area contributed by atoms with Gasteiger partial charge in [-0.25, -0.2) is 0 Å². The van der Waals surface area contributed by atoms with Crippen LogP contribution in [0.5, 0.6) is 5.75 Å². The first-order valence-corrected chi connectivity index (χ1v) is 7.05. The third kappa shape index (κ3) is 3.61. The van der Waals surface area contributed by atoms with Gasteiger partial charge < -0.3 is 9.64 Å². The average Bonchev–Trinajstić information content (AvgIpc) is 2.46. The summed E-state index contributed by atoms with van der Waals surface area (Å²) in [7, 11) is 3.48. The number of benzene rings is 2. The molecule has 0 aliphatic heterocycles. The van der Waals surface area contributed by atoms with Gasteiger partial charge in [-0.2, -0.15) is 0 Å². The predicted octanol–water partition coefficient (Wildman–Crippen LogP) is 3.73. The molecule has 3 nitrogen and oxygen atoms in total. The quantitative estimate of drug-likeness (QED) is 0.853. The minimum absolute atomic E-state index is 0.00303. The Bertz CT molecular complexity index is 594. The summed E-state index contributed by atoms with van der Waals surface area (Å²) in [5.41, 5.74) is 1.70. The smallest absolute Gasteiger partial charge is 0.253 e. The summed E-state index contributed by atoms with van der Waals surface area (Å²) in [5, 5.41) is 0. The van der Waals surface area contributed by atoms with E-state index in [1.54, 1.807) is 19.0 Å². The third-order valence-corrected chi connectivity index (χ3v) is 3.49. The number of hydrogen-bond acceptors (Lipinski definition) is 2. The lowest BCUT2D eigenvalue weighted by Gasteiger charge is -2.11. The van der Waals surface area contributed by atoms with Crippen LogP contribution in [-0.4, -0.2) is 24.9 Å². The summed E-state index contributed by atoms with van der Waals surface area (Å²) >= 11 is 3.44. The van der Waals surface area contributed by atoms with Crippen molar-refractivity contribution in [1.29, 1.82) is 0 Å². The average molecular weight is 334 g/mol. The minimum Gasteiger partial charge on any atom is -0.488 e. The molecular weight excluding hydrogens is 318 g/mol. The van der Waals surface area contributed by atoms with E-state index in [0.29, 0.717) is 12.2 Å². The van der Waals surface area contributed by atoms with E-state index >= 15 is 0 Å². The lowest BCUT2D eigenvalue weighted by Crippen LogP contribution is -2.21. The molecule has 0 saturated carbocycles. The fraction of sp³-hybridized carbons (Fsp3) is 0.188. The maximum atomic E-state index is 11.8. The largest absolute Gasteiger partial charge is 0.488 e. The Kier molecular flexibility index (Phi) is 4.79. The Balaban J connectivity index is 2.01. The van der Waals surface area contributed by atoms with Crippen LogP contribution in [0.1, 0.15) is 15.9 Å². The predicted molar refractivity (Wildman–Crippen MR) is 82.9 cm³/mol. The summed E-state index contributed by atoms with van der Waals surface area (Å²) < 4.78 is 6.66. The number of ether oxygens (including phenoxy) is 1. The fourth-order valence-corrected chi connectivity index (χ4v) is 2.12. The Morgan fingerprint density at radius 3 is 2.35 bits per heavy atom. The van der Waals surface area contributed by atoms with E-state index in [4.69, 9.17) is 4.74 Å². The third-order valence-electron chi connectivity index (χ3n) is 2.84. The number of carbonyl (C=O) groups is 1. The maximum absolute atomic E-state index is 11.8. The summed E-state index contributed by atoms with van der Waals surface area (Å²) in [6.45, 7) is 0.471. The van der Waals surface area contributed by atoms with Crippen molar-refractivity contribution >= 4 is 21.8 Å². The van der Waals surface area contributed by atoms with Crippen molar-refractivity contribution in [1.82, 2.24) is 4.90 Å². The van der Waals surface area contributed by atoms with Crippen LogP contribution in [0.4, 0.5) is 0 Å². The van der Waals surface area contributed by atoms with Gasteiger partial charge in [0.05, 0.1) is 4.47 Å². The van der Waals surface area contributed by atoms with E-state index in [2.05, 4.69) is 15.9 Å². The van der Waals surface area contributed by atoms with Gasteiger partial charge in [0.15, 0.2) is 0 Å². The van der Waals surface area contributed by atoms with Gasteiger partial charge in [0.25, 0.3) is 5.91 Å². The first kappa shape index (κ1) is 14.6. The van der Waals surface area contributed by atoms with Crippen LogP contribution in [0.3, 0.4) is 0 Å². The van der Waals surface area contributed by atoms with Crippen molar-refractivity contribution in [2.24, 2.45) is 0 Å². The number of para-hydroxylation sites is 1.